The molecule has 1 atom stereocenters. The van der Waals surface area contributed by atoms with Gasteiger partial charge in [-0.05, 0) is 18.6 Å². The minimum absolute atomic E-state index is 0.106. The van der Waals surface area contributed by atoms with Crippen LogP contribution in [0.5, 0.6) is 0 Å². The standard InChI is InChI=1S/C17H19F3N6O3/c1-9(10-4-11(17(18,19)20)6-12(5-10)26(28)29)23-15-13-7-21-8-14(13)24-16(25-15)22-2-3-27/h4-6,9,21,27H,2-3,7-8H2,1H3,(H2,22,23,24,25)/t9-/m1/s1. The van der Waals surface area contributed by atoms with E-state index in [-0.39, 0.29) is 24.7 Å². The quantitative estimate of drug-likeness (QED) is 0.404. The second-order valence-corrected chi connectivity index (χ2v) is 6.51. The second-order valence-electron chi connectivity index (χ2n) is 6.51. The molecule has 156 valence electrons. The minimum Gasteiger partial charge on any atom is -0.395 e. The average molecular weight is 412 g/mol. The van der Waals surface area contributed by atoms with Crippen molar-refractivity contribution in [3.8, 4) is 0 Å². The Kier molecular flexibility index (Phi) is 5.84. The number of nitro groups is 1. The molecule has 1 aliphatic rings. The van der Waals surface area contributed by atoms with Gasteiger partial charge >= 0.3 is 6.18 Å². The molecular formula is C17H19F3N6O3. The van der Waals surface area contributed by atoms with Gasteiger partial charge in [-0.2, -0.15) is 18.2 Å². The SMILES string of the molecule is C[C@@H](Nc1nc(NCCO)nc2c1CNC2)c1cc([N+](=O)[O-])cc(C(F)(F)F)c1. The fourth-order valence-corrected chi connectivity index (χ4v) is 2.98. The van der Waals surface area contributed by atoms with Gasteiger partial charge in [-0.3, -0.25) is 10.1 Å². The van der Waals surface area contributed by atoms with Crippen molar-refractivity contribution in [1.82, 2.24) is 15.3 Å². The number of hydrogen-bond donors (Lipinski definition) is 4. The summed E-state index contributed by atoms with van der Waals surface area (Å²) in [4.78, 5) is 18.9. The molecule has 0 amide bonds. The van der Waals surface area contributed by atoms with Crippen molar-refractivity contribution in [2.24, 2.45) is 0 Å². The molecule has 1 aromatic heterocycles. The number of aliphatic hydroxyl groups is 1. The van der Waals surface area contributed by atoms with E-state index < -0.39 is 28.4 Å². The first-order valence-electron chi connectivity index (χ1n) is 8.77. The van der Waals surface area contributed by atoms with Gasteiger partial charge in [0.05, 0.1) is 28.8 Å². The number of anilines is 2. The molecule has 2 aromatic rings. The van der Waals surface area contributed by atoms with Crippen LogP contribution in [-0.2, 0) is 19.3 Å². The van der Waals surface area contributed by atoms with Crippen molar-refractivity contribution in [1.29, 1.82) is 0 Å². The Bertz CT molecular complexity index is 922. The summed E-state index contributed by atoms with van der Waals surface area (Å²) >= 11 is 0. The van der Waals surface area contributed by atoms with Crippen molar-refractivity contribution in [3.05, 3.63) is 50.7 Å². The highest BCUT2D eigenvalue weighted by Crippen LogP contribution is 2.35. The molecule has 0 bridgehead atoms. The Morgan fingerprint density at radius 1 is 1.31 bits per heavy atom. The molecule has 4 N–H and O–H groups in total. The fourth-order valence-electron chi connectivity index (χ4n) is 2.98. The number of nitrogens with one attached hydrogen (secondary N) is 3. The van der Waals surface area contributed by atoms with Crippen LogP contribution < -0.4 is 16.0 Å². The van der Waals surface area contributed by atoms with Crippen LogP contribution in [-0.4, -0.2) is 33.1 Å². The monoisotopic (exact) mass is 412 g/mol. The van der Waals surface area contributed by atoms with E-state index in [0.717, 1.165) is 23.4 Å². The summed E-state index contributed by atoms with van der Waals surface area (Å²) in [5, 5.41) is 29.0. The molecule has 2 heterocycles. The Labute approximate surface area is 163 Å². The first-order chi connectivity index (χ1) is 13.7. The smallest absolute Gasteiger partial charge is 0.395 e. The molecule has 0 unspecified atom stereocenters. The Morgan fingerprint density at radius 2 is 2.07 bits per heavy atom. The van der Waals surface area contributed by atoms with Crippen LogP contribution in [0.25, 0.3) is 0 Å². The third kappa shape index (κ3) is 4.71. The van der Waals surface area contributed by atoms with E-state index in [0.29, 0.717) is 25.0 Å². The van der Waals surface area contributed by atoms with Gasteiger partial charge in [-0.25, -0.2) is 4.98 Å². The number of aliphatic hydroxyl groups excluding tert-OH is 1. The predicted molar refractivity (Wildman–Crippen MR) is 98.3 cm³/mol. The van der Waals surface area contributed by atoms with Gasteiger partial charge in [-0.1, -0.05) is 0 Å². The van der Waals surface area contributed by atoms with Gasteiger partial charge < -0.3 is 21.1 Å². The Hall–Kier alpha value is -2.99. The summed E-state index contributed by atoms with van der Waals surface area (Å²) in [6.45, 7) is 2.70. The van der Waals surface area contributed by atoms with Gasteiger partial charge in [0.25, 0.3) is 5.69 Å². The van der Waals surface area contributed by atoms with Crippen LogP contribution in [0.15, 0.2) is 18.2 Å². The molecule has 29 heavy (non-hydrogen) atoms. The van der Waals surface area contributed by atoms with E-state index in [1.807, 2.05) is 0 Å². The number of rotatable bonds is 7. The maximum atomic E-state index is 13.2. The zero-order valence-corrected chi connectivity index (χ0v) is 15.4. The van der Waals surface area contributed by atoms with Crippen LogP contribution in [0.1, 0.15) is 35.3 Å². The largest absolute Gasteiger partial charge is 0.416 e. The van der Waals surface area contributed by atoms with Crippen LogP contribution in [0, 0.1) is 10.1 Å². The molecule has 1 aliphatic heterocycles. The van der Waals surface area contributed by atoms with Crippen molar-refractivity contribution in [2.45, 2.75) is 32.2 Å². The van der Waals surface area contributed by atoms with E-state index >= 15 is 0 Å². The lowest BCUT2D eigenvalue weighted by Crippen LogP contribution is -2.15. The van der Waals surface area contributed by atoms with Crippen LogP contribution >= 0.6 is 0 Å². The molecule has 0 radical (unpaired) electrons. The van der Waals surface area contributed by atoms with Gasteiger partial charge in [0, 0.05) is 37.3 Å². The van der Waals surface area contributed by atoms with Gasteiger partial charge in [0.15, 0.2) is 0 Å². The predicted octanol–water partition coefficient (Wildman–Crippen LogP) is 2.58. The summed E-state index contributed by atoms with van der Waals surface area (Å²) in [5.74, 6) is 0.680. The van der Waals surface area contributed by atoms with Gasteiger partial charge in [0.2, 0.25) is 5.95 Å². The molecule has 0 saturated carbocycles. The number of nitrogens with zero attached hydrogens (tertiary/aromatic N) is 3. The molecule has 9 nitrogen and oxygen atoms in total. The highest BCUT2D eigenvalue weighted by Gasteiger charge is 2.33. The van der Waals surface area contributed by atoms with E-state index in [1.165, 1.54) is 0 Å². The Balaban J connectivity index is 1.94. The maximum Gasteiger partial charge on any atom is 0.416 e. The van der Waals surface area contributed by atoms with Crippen molar-refractivity contribution >= 4 is 17.5 Å². The number of nitro benzene ring substituents is 1. The molecule has 0 spiro atoms. The zero-order chi connectivity index (χ0) is 21.2. The highest BCUT2D eigenvalue weighted by atomic mass is 19.4. The van der Waals surface area contributed by atoms with Gasteiger partial charge in [0.1, 0.15) is 5.82 Å². The molecule has 1 aromatic carbocycles. The van der Waals surface area contributed by atoms with Crippen LogP contribution in [0.3, 0.4) is 0 Å². The lowest BCUT2D eigenvalue weighted by Gasteiger charge is -2.19. The molecule has 0 fully saturated rings. The molecule has 3 rings (SSSR count). The fraction of sp³-hybridized carbons (Fsp3) is 0.412. The second kappa shape index (κ2) is 8.17. The molecular weight excluding hydrogens is 393 g/mol. The summed E-state index contributed by atoms with van der Waals surface area (Å²) < 4.78 is 39.5. The molecule has 0 saturated heterocycles. The number of alkyl halides is 3. The topological polar surface area (TPSA) is 125 Å². The lowest BCUT2D eigenvalue weighted by molar-refractivity contribution is -0.385. The van der Waals surface area contributed by atoms with Crippen molar-refractivity contribution in [3.63, 3.8) is 0 Å². The van der Waals surface area contributed by atoms with E-state index in [4.69, 9.17) is 5.11 Å². The normalized spacial score (nSPS) is 14.4. The third-order valence-electron chi connectivity index (χ3n) is 4.41. The van der Waals surface area contributed by atoms with Crippen LogP contribution in [0.2, 0.25) is 0 Å². The van der Waals surface area contributed by atoms with Crippen LogP contribution in [0.4, 0.5) is 30.6 Å². The zero-order valence-electron chi connectivity index (χ0n) is 15.4. The first-order valence-corrected chi connectivity index (χ1v) is 8.77. The summed E-state index contributed by atoms with van der Waals surface area (Å²) in [7, 11) is 0. The third-order valence-corrected chi connectivity index (χ3v) is 4.41. The number of non-ortho nitro benzene ring substituents is 1. The van der Waals surface area contributed by atoms with Crippen molar-refractivity contribution in [2.75, 3.05) is 23.8 Å². The minimum atomic E-state index is -4.71. The summed E-state index contributed by atoms with van der Waals surface area (Å²) in [6, 6.07) is 1.81. The number of halogens is 3. The van der Waals surface area contributed by atoms with E-state index in [2.05, 4.69) is 25.9 Å². The molecule has 0 aliphatic carbocycles. The van der Waals surface area contributed by atoms with Gasteiger partial charge in [-0.15, -0.1) is 0 Å². The first kappa shape index (κ1) is 20.7. The number of benzene rings is 1. The molecule has 12 heteroatoms. The summed E-state index contributed by atoms with van der Waals surface area (Å²) in [5.41, 5.74) is -0.119. The van der Waals surface area contributed by atoms with E-state index in [9.17, 15) is 23.3 Å². The number of aromatic nitrogens is 2. The maximum absolute atomic E-state index is 13.2. The Morgan fingerprint density at radius 3 is 2.72 bits per heavy atom. The number of hydrogen-bond acceptors (Lipinski definition) is 8. The summed E-state index contributed by atoms with van der Waals surface area (Å²) in [6.07, 6.45) is -4.71. The van der Waals surface area contributed by atoms with Crippen molar-refractivity contribution < 1.29 is 23.2 Å². The highest BCUT2D eigenvalue weighted by molar-refractivity contribution is 5.54. The van der Waals surface area contributed by atoms with E-state index in [1.54, 1.807) is 6.92 Å². The number of fused-ring (bicyclic) bond motifs is 1. The lowest BCUT2D eigenvalue weighted by atomic mass is 10.0. The average Bonchev–Trinajstić information content (AvgIpc) is 3.14.